The van der Waals surface area contributed by atoms with Gasteiger partial charge in [0, 0.05) is 30.2 Å². The number of rotatable bonds is 7. The van der Waals surface area contributed by atoms with Gasteiger partial charge in [-0.2, -0.15) is 0 Å². The lowest BCUT2D eigenvalue weighted by atomic mass is 10.00. The summed E-state index contributed by atoms with van der Waals surface area (Å²) in [6.45, 7) is 7.12. The molecule has 7 heteroatoms. The third-order valence-electron chi connectivity index (χ3n) is 7.42. The SMILES string of the molecule is CCCCc1ccc(-n2c(C)cc(/C=C3\SC(=O)N(CC(=O)N4CCc5ccccc5C4)C3=O)c2C)cc1. The lowest BCUT2D eigenvalue weighted by Gasteiger charge is -2.29. The van der Waals surface area contributed by atoms with Crippen LogP contribution in [0.1, 0.15) is 53.4 Å². The van der Waals surface area contributed by atoms with Crippen molar-refractivity contribution < 1.29 is 14.4 Å². The van der Waals surface area contributed by atoms with E-state index in [1.807, 2.05) is 38.1 Å². The van der Waals surface area contributed by atoms with Crippen LogP contribution in [0.15, 0.2) is 59.5 Å². The molecule has 196 valence electrons. The molecule has 0 bridgehead atoms. The van der Waals surface area contributed by atoms with Gasteiger partial charge in [-0.25, -0.2) is 0 Å². The minimum Gasteiger partial charge on any atom is -0.336 e. The van der Waals surface area contributed by atoms with Gasteiger partial charge in [0.05, 0.1) is 4.91 Å². The molecule has 0 N–H and O–H groups in total. The van der Waals surface area contributed by atoms with Gasteiger partial charge in [0.25, 0.3) is 11.1 Å². The maximum Gasteiger partial charge on any atom is 0.294 e. The van der Waals surface area contributed by atoms with E-state index in [9.17, 15) is 14.4 Å². The molecule has 6 nitrogen and oxygen atoms in total. The maximum atomic E-state index is 13.2. The fourth-order valence-corrected chi connectivity index (χ4v) is 6.07. The summed E-state index contributed by atoms with van der Waals surface area (Å²) in [6, 6.07) is 18.7. The molecule has 1 fully saturated rings. The number of aryl methyl sites for hydroxylation is 2. The van der Waals surface area contributed by atoms with Gasteiger partial charge >= 0.3 is 0 Å². The molecule has 1 saturated heterocycles. The predicted molar refractivity (Wildman–Crippen MR) is 152 cm³/mol. The van der Waals surface area contributed by atoms with Crippen molar-refractivity contribution in [2.75, 3.05) is 13.1 Å². The number of benzene rings is 2. The van der Waals surface area contributed by atoms with Crippen LogP contribution < -0.4 is 0 Å². The van der Waals surface area contributed by atoms with E-state index in [0.29, 0.717) is 18.0 Å². The second-order valence-corrected chi connectivity index (χ2v) is 11.0. The van der Waals surface area contributed by atoms with Crippen LogP contribution in [0.4, 0.5) is 4.79 Å². The van der Waals surface area contributed by atoms with Crippen molar-refractivity contribution in [1.29, 1.82) is 0 Å². The molecule has 0 spiro atoms. The molecule has 1 aromatic heterocycles. The highest BCUT2D eigenvalue weighted by atomic mass is 32.2. The first kappa shape index (κ1) is 26.0. The molecule has 3 aromatic rings. The van der Waals surface area contributed by atoms with E-state index in [2.05, 4.69) is 41.8 Å². The summed E-state index contributed by atoms with van der Waals surface area (Å²) in [7, 11) is 0. The Hall–Kier alpha value is -3.58. The van der Waals surface area contributed by atoms with Crippen LogP contribution in [-0.2, 0) is 29.0 Å². The topological polar surface area (TPSA) is 62.6 Å². The Bertz CT molecular complexity index is 1420. The number of aromatic nitrogens is 1. The summed E-state index contributed by atoms with van der Waals surface area (Å²) >= 11 is 0.902. The molecule has 2 aromatic carbocycles. The van der Waals surface area contributed by atoms with Crippen LogP contribution in [0.25, 0.3) is 11.8 Å². The molecular formula is C31H33N3O3S. The first-order valence-electron chi connectivity index (χ1n) is 13.2. The monoisotopic (exact) mass is 527 g/mol. The summed E-state index contributed by atoms with van der Waals surface area (Å²) < 4.78 is 2.16. The molecule has 0 atom stereocenters. The van der Waals surface area contributed by atoms with Gasteiger partial charge < -0.3 is 9.47 Å². The standard InChI is InChI=1S/C31H33N3O3S/c1-4-5-8-23-11-13-27(14-12-23)34-21(2)17-26(22(34)3)18-28-30(36)33(31(37)38-28)20-29(35)32-16-15-24-9-6-7-10-25(24)19-32/h6-7,9-14,17-18H,4-5,8,15-16,19-20H2,1-3H3/b28-18-. The van der Waals surface area contributed by atoms with E-state index in [1.165, 1.54) is 24.0 Å². The predicted octanol–water partition coefficient (Wildman–Crippen LogP) is 6.06. The van der Waals surface area contributed by atoms with Crippen LogP contribution >= 0.6 is 11.8 Å². The molecule has 2 aliphatic rings. The van der Waals surface area contributed by atoms with E-state index in [4.69, 9.17) is 0 Å². The minimum atomic E-state index is -0.407. The van der Waals surface area contributed by atoms with Crippen molar-refractivity contribution in [3.8, 4) is 5.69 Å². The zero-order valence-electron chi connectivity index (χ0n) is 22.2. The summed E-state index contributed by atoms with van der Waals surface area (Å²) in [5.74, 6) is -0.612. The van der Waals surface area contributed by atoms with Crippen molar-refractivity contribution >= 4 is 34.9 Å². The van der Waals surface area contributed by atoms with Crippen LogP contribution in [-0.4, -0.2) is 44.5 Å². The molecule has 38 heavy (non-hydrogen) atoms. The number of imide groups is 1. The Morgan fingerprint density at radius 1 is 1.03 bits per heavy atom. The largest absolute Gasteiger partial charge is 0.336 e. The van der Waals surface area contributed by atoms with Gasteiger partial charge in [0.1, 0.15) is 6.54 Å². The number of hydrogen-bond acceptors (Lipinski definition) is 4. The van der Waals surface area contributed by atoms with E-state index in [-0.39, 0.29) is 12.5 Å². The van der Waals surface area contributed by atoms with Crippen molar-refractivity contribution in [3.63, 3.8) is 0 Å². The average Bonchev–Trinajstić information content (AvgIpc) is 3.35. The Labute approximate surface area is 228 Å². The second-order valence-electron chi connectivity index (χ2n) is 10.0. The maximum absolute atomic E-state index is 13.2. The number of unbranched alkanes of at least 4 members (excludes halogenated alkanes) is 1. The summed E-state index contributed by atoms with van der Waals surface area (Å²) in [6.07, 6.45) is 5.99. The Balaban J connectivity index is 1.30. The molecule has 3 amide bonds. The third-order valence-corrected chi connectivity index (χ3v) is 8.33. The van der Waals surface area contributed by atoms with Crippen LogP contribution in [0.3, 0.4) is 0 Å². The second kappa shape index (κ2) is 11.0. The van der Waals surface area contributed by atoms with Crippen LogP contribution in [0, 0.1) is 13.8 Å². The van der Waals surface area contributed by atoms with E-state index >= 15 is 0 Å². The lowest BCUT2D eigenvalue weighted by molar-refractivity contribution is -0.136. The molecular weight excluding hydrogens is 494 g/mol. The zero-order chi connectivity index (χ0) is 26.8. The van der Waals surface area contributed by atoms with Gasteiger partial charge in [0.15, 0.2) is 0 Å². The highest BCUT2D eigenvalue weighted by Crippen LogP contribution is 2.34. The molecule has 3 heterocycles. The number of hydrogen-bond donors (Lipinski definition) is 0. The van der Waals surface area contributed by atoms with E-state index < -0.39 is 11.1 Å². The van der Waals surface area contributed by atoms with Gasteiger partial charge in [-0.05, 0) is 91.4 Å². The van der Waals surface area contributed by atoms with Crippen LogP contribution in [0.2, 0.25) is 0 Å². The number of amides is 3. The van der Waals surface area contributed by atoms with E-state index in [1.54, 1.807) is 11.0 Å². The summed E-state index contributed by atoms with van der Waals surface area (Å²) in [4.78, 5) is 42.1. The van der Waals surface area contributed by atoms with Crippen molar-refractivity contribution in [2.24, 2.45) is 0 Å². The number of fused-ring (bicyclic) bond motifs is 1. The first-order valence-corrected chi connectivity index (χ1v) is 14.1. The lowest BCUT2D eigenvalue weighted by Crippen LogP contribution is -2.44. The minimum absolute atomic E-state index is 0.205. The Morgan fingerprint density at radius 3 is 2.50 bits per heavy atom. The van der Waals surface area contributed by atoms with Gasteiger partial charge in [-0.15, -0.1) is 0 Å². The smallest absolute Gasteiger partial charge is 0.294 e. The van der Waals surface area contributed by atoms with Crippen molar-refractivity contribution in [1.82, 2.24) is 14.4 Å². The molecule has 0 saturated carbocycles. The molecule has 2 aliphatic heterocycles. The summed E-state index contributed by atoms with van der Waals surface area (Å²) in [5, 5.41) is -0.400. The van der Waals surface area contributed by atoms with Crippen LogP contribution in [0.5, 0.6) is 0 Å². The highest BCUT2D eigenvalue weighted by Gasteiger charge is 2.37. The van der Waals surface area contributed by atoms with Crippen molar-refractivity contribution in [3.05, 3.63) is 93.1 Å². The number of thioether (sulfide) groups is 1. The quantitative estimate of drug-likeness (QED) is 0.351. The normalized spacial score (nSPS) is 16.4. The average molecular weight is 528 g/mol. The molecule has 5 rings (SSSR count). The fourth-order valence-electron chi connectivity index (χ4n) is 5.25. The van der Waals surface area contributed by atoms with Gasteiger partial charge in [-0.3, -0.25) is 19.3 Å². The Morgan fingerprint density at radius 2 is 1.76 bits per heavy atom. The van der Waals surface area contributed by atoms with Gasteiger partial charge in [-0.1, -0.05) is 49.7 Å². The molecule has 0 aliphatic carbocycles. The number of carbonyl (C=O) groups is 3. The van der Waals surface area contributed by atoms with Crippen molar-refractivity contribution in [2.45, 2.75) is 53.0 Å². The Kier molecular flexibility index (Phi) is 7.56. The number of nitrogens with zero attached hydrogens (tertiary/aromatic N) is 3. The molecule has 0 unspecified atom stereocenters. The zero-order valence-corrected chi connectivity index (χ0v) is 23.0. The molecule has 0 radical (unpaired) electrons. The summed E-state index contributed by atoms with van der Waals surface area (Å²) in [5.41, 5.74) is 7.70. The fraction of sp³-hybridized carbons (Fsp3) is 0.323. The van der Waals surface area contributed by atoms with E-state index in [0.717, 1.165) is 57.7 Å². The highest BCUT2D eigenvalue weighted by molar-refractivity contribution is 8.18. The third kappa shape index (κ3) is 5.20. The first-order chi connectivity index (χ1) is 18.4. The van der Waals surface area contributed by atoms with Gasteiger partial charge in [0.2, 0.25) is 5.91 Å². The number of carbonyl (C=O) groups excluding carboxylic acids is 3.